The molecule has 1 atom stereocenters. The molecule has 20 heavy (non-hydrogen) atoms. The van der Waals surface area contributed by atoms with Crippen molar-refractivity contribution in [2.24, 2.45) is 11.3 Å². The first-order valence-electron chi connectivity index (χ1n) is 7.12. The van der Waals surface area contributed by atoms with Crippen LogP contribution in [0.1, 0.15) is 30.8 Å². The number of piperidine rings is 1. The summed E-state index contributed by atoms with van der Waals surface area (Å²) in [6, 6.07) is 3.89. The van der Waals surface area contributed by atoms with Gasteiger partial charge in [-0.25, -0.2) is 0 Å². The number of amides is 1. The maximum atomic E-state index is 12.5. The molecule has 1 saturated carbocycles. The van der Waals surface area contributed by atoms with E-state index in [9.17, 15) is 4.79 Å². The summed E-state index contributed by atoms with van der Waals surface area (Å²) in [5.74, 6) is 2.30. The van der Waals surface area contributed by atoms with Gasteiger partial charge in [-0.3, -0.25) is 4.79 Å². The standard InChI is InChI=1S/C15H22N2O2.ClH/c1-11-3-4-12(19-11)10-17(2)14(18)13-9-15(13)5-7-16-8-6-15;/h3-4,13,16H,5-10H2,1-2H3;1H. The zero-order chi connectivity index (χ0) is 13.5. The predicted molar refractivity (Wildman–Crippen MR) is 79.8 cm³/mol. The first kappa shape index (κ1) is 15.4. The molecule has 1 aliphatic heterocycles. The quantitative estimate of drug-likeness (QED) is 0.932. The highest BCUT2D eigenvalue weighted by molar-refractivity contribution is 5.85. The van der Waals surface area contributed by atoms with Crippen LogP contribution in [0.3, 0.4) is 0 Å². The van der Waals surface area contributed by atoms with Crippen molar-refractivity contribution in [2.45, 2.75) is 32.7 Å². The Bertz CT molecular complexity index is 480. The molecule has 3 rings (SSSR count). The lowest BCUT2D eigenvalue weighted by Crippen LogP contribution is -2.34. The van der Waals surface area contributed by atoms with Crippen molar-refractivity contribution in [2.75, 3.05) is 20.1 Å². The number of nitrogens with one attached hydrogen (secondary N) is 1. The van der Waals surface area contributed by atoms with Gasteiger partial charge in [-0.05, 0) is 56.8 Å². The number of carbonyl (C=O) groups is 1. The molecule has 1 aliphatic carbocycles. The van der Waals surface area contributed by atoms with Crippen LogP contribution >= 0.6 is 12.4 Å². The van der Waals surface area contributed by atoms with E-state index in [4.69, 9.17) is 4.42 Å². The molecule has 0 aromatic carbocycles. The Kier molecular flexibility index (Phi) is 4.45. The minimum Gasteiger partial charge on any atom is -0.464 e. The van der Waals surface area contributed by atoms with Crippen LogP contribution in [-0.4, -0.2) is 30.9 Å². The second-order valence-corrected chi connectivity index (χ2v) is 6.08. The van der Waals surface area contributed by atoms with Crippen molar-refractivity contribution >= 4 is 18.3 Å². The van der Waals surface area contributed by atoms with E-state index in [1.807, 2.05) is 31.0 Å². The molecule has 112 valence electrons. The molecule has 0 bridgehead atoms. The molecule has 2 aliphatic rings. The van der Waals surface area contributed by atoms with E-state index in [-0.39, 0.29) is 24.2 Å². The van der Waals surface area contributed by atoms with Crippen molar-refractivity contribution < 1.29 is 9.21 Å². The summed E-state index contributed by atoms with van der Waals surface area (Å²) in [5.41, 5.74) is 0.315. The van der Waals surface area contributed by atoms with Crippen LogP contribution in [0.15, 0.2) is 16.5 Å². The van der Waals surface area contributed by atoms with Crippen molar-refractivity contribution in [3.8, 4) is 0 Å². The third-order valence-electron chi connectivity index (χ3n) is 4.65. The van der Waals surface area contributed by atoms with Gasteiger partial charge in [-0.1, -0.05) is 0 Å². The van der Waals surface area contributed by atoms with E-state index < -0.39 is 0 Å². The molecule has 1 aromatic rings. The molecule has 1 amide bonds. The maximum Gasteiger partial charge on any atom is 0.226 e. The van der Waals surface area contributed by atoms with Gasteiger partial charge in [0.05, 0.1) is 6.54 Å². The van der Waals surface area contributed by atoms with E-state index >= 15 is 0 Å². The highest BCUT2D eigenvalue weighted by Gasteiger charge is 2.58. The van der Waals surface area contributed by atoms with Crippen LogP contribution in [0.4, 0.5) is 0 Å². The van der Waals surface area contributed by atoms with Crippen LogP contribution in [-0.2, 0) is 11.3 Å². The van der Waals surface area contributed by atoms with Gasteiger partial charge in [0.15, 0.2) is 0 Å². The van der Waals surface area contributed by atoms with Gasteiger partial charge in [-0.15, -0.1) is 12.4 Å². The summed E-state index contributed by atoms with van der Waals surface area (Å²) in [6.07, 6.45) is 3.38. The topological polar surface area (TPSA) is 45.5 Å². The van der Waals surface area contributed by atoms with E-state index in [1.54, 1.807) is 0 Å². The average Bonchev–Trinajstić information content (AvgIpc) is 2.92. The fraction of sp³-hybridized carbons (Fsp3) is 0.667. The number of nitrogens with zero attached hydrogens (tertiary/aromatic N) is 1. The predicted octanol–water partition coefficient (Wildman–Crippen LogP) is 2.36. The minimum absolute atomic E-state index is 0. The Hall–Kier alpha value is -1.00. The Morgan fingerprint density at radius 2 is 2.15 bits per heavy atom. The van der Waals surface area contributed by atoms with Gasteiger partial charge < -0.3 is 14.6 Å². The van der Waals surface area contributed by atoms with Crippen molar-refractivity contribution in [3.05, 3.63) is 23.7 Å². The van der Waals surface area contributed by atoms with E-state index in [0.29, 0.717) is 12.0 Å². The van der Waals surface area contributed by atoms with Gasteiger partial charge in [0.1, 0.15) is 11.5 Å². The van der Waals surface area contributed by atoms with E-state index in [1.165, 1.54) is 0 Å². The lowest BCUT2D eigenvalue weighted by Gasteiger charge is -2.24. The third-order valence-corrected chi connectivity index (χ3v) is 4.65. The summed E-state index contributed by atoms with van der Waals surface area (Å²) in [4.78, 5) is 14.3. The number of furan rings is 1. The Morgan fingerprint density at radius 3 is 2.75 bits per heavy atom. The van der Waals surface area contributed by atoms with Crippen LogP contribution in [0.5, 0.6) is 0 Å². The third kappa shape index (κ3) is 2.86. The molecule has 4 nitrogen and oxygen atoms in total. The molecule has 5 heteroatoms. The van der Waals surface area contributed by atoms with Crippen LogP contribution in [0.2, 0.25) is 0 Å². The number of hydrogen-bond acceptors (Lipinski definition) is 3. The Morgan fingerprint density at radius 1 is 1.45 bits per heavy atom. The SMILES string of the molecule is Cc1ccc(CN(C)C(=O)C2CC23CCNCC3)o1.Cl. The minimum atomic E-state index is 0. The highest BCUT2D eigenvalue weighted by atomic mass is 35.5. The largest absolute Gasteiger partial charge is 0.464 e. The summed E-state index contributed by atoms with van der Waals surface area (Å²) < 4.78 is 5.54. The first-order chi connectivity index (χ1) is 9.11. The lowest BCUT2D eigenvalue weighted by atomic mass is 9.91. The fourth-order valence-electron chi connectivity index (χ4n) is 3.32. The summed E-state index contributed by atoms with van der Waals surface area (Å²) in [5, 5.41) is 3.37. The van der Waals surface area contributed by atoms with Crippen molar-refractivity contribution in [3.63, 3.8) is 0 Å². The molecule has 1 N–H and O–H groups in total. The Balaban J connectivity index is 0.00000147. The number of halogens is 1. The summed E-state index contributed by atoms with van der Waals surface area (Å²) in [7, 11) is 1.88. The molecular weight excluding hydrogens is 276 g/mol. The van der Waals surface area contributed by atoms with Gasteiger partial charge >= 0.3 is 0 Å². The van der Waals surface area contributed by atoms with Crippen molar-refractivity contribution in [1.29, 1.82) is 0 Å². The fourth-order valence-corrected chi connectivity index (χ4v) is 3.32. The highest BCUT2D eigenvalue weighted by Crippen LogP contribution is 2.59. The van der Waals surface area contributed by atoms with E-state index in [2.05, 4.69) is 5.32 Å². The molecule has 1 unspecified atom stereocenters. The smallest absolute Gasteiger partial charge is 0.226 e. The number of rotatable bonds is 3. The number of hydrogen-bond donors (Lipinski definition) is 1. The maximum absolute atomic E-state index is 12.5. The van der Waals surface area contributed by atoms with Gasteiger partial charge in [0.25, 0.3) is 0 Å². The van der Waals surface area contributed by atoms with Gasteiger partial charge in [-0.2, -0.15) is 0 Å². The summed E-state index contributed by atoms with van der Waals surface area (Å²) in [6.45, 7) is 4.63. The van der Waals surface area contributed by atoms with Crippen LogP contribution in [0.25, 0.3) is 0 Å². The molecule has 1 aromatic heterocycles. The van der Waals surface area contributed by atoms with Crippen LogP contribution < -0.4 is 5.32 Å². The molecule has 1 spiro atoms. The Labute approximate surface area is 126 Å². The monoisotopic (exact) mass is 298 g/mol. The zero-order valence-electron chi connectivity index (χ0n) is 12.1. The first-order valence-corrected chi connectivity index (χ1v) is 7.12. The molecule has 1 saturated heterocycles. The lowest BCUT2D eigenvalue weighted by molar-refractivity contribution is -0.133. The van der Waals surface area contributed by atoms with Crippen molar-refractivity contribution in [1.82, 2.24) is 10.2 Å². The second kappa shape index (κ2) is 5.78. The second-order valence-electron chi connectivity index (χ2n) is 6.08. The molecule has 2 fully saturated rings. The zero-order valence-corrected chi connectivity index (χ0v) is 13.0. The van der Waals surface area contributed by atoms with Crippen LogP contribution in [0, 0.1) is 18.3 Å². The summed E-state index contributed by atoms with van der Waals surface area (Å²) >= 11 is 0. The number of aryl methyl sites for hydroxylation is 1. The average molecular weight is 299 g/mol. The van der Waals surface area contributed by atoms with Gasteiger partial charge in [0.2, 0.25) is 5.91 Å². The normalized spacial score (nSPS) is 23.2. The molecule has 0 radical (unpaired) electrons. The molecule has 2 heterocycles. The van der Waals surface area contributed by atoms with E-state index in [0.717, 1.165) is 43.9 Å². The molecular formula is C15H23ClN2O2. The number of carbonyl (C=O) groups excluding carboxylic acids is 1. The van der Waals surface area contributed by atoms with Gasteiger partial charge in [0, 0.05) is 13.0 Å².